The molecule has 0 radical (unpaired) electrons. The summed E-state index contributed by atoms with van der Waals surface area (Å²) < 4.78 is 14.0. The SMILES string of the molecule is CC(C)(F)c1ccccc1CC1CCNC1. The van der Waals surface area contributed by atoms with Gasteiger partial charge < -0.3 is 5.32 Å². The van der Waals surface area contributed by atoms with Crippen molar-refractivity contribution in [2.75, 3.05) is 13.1 Å². The minimum absolute atomic E-state index is 0.670. The van der Waals surface area contributed by atoms with Crippen molar-refractivity contribution >= 4 is 0 Å². The number of alkyl halides is 1. The molecule has 1 aliphatic heterocycles. The molecule has 16 heavy (non-hydrogen) atoms. The highest BCUT2D eigenvalue weighted by atomic mass is 19.1. The summed E-state index contributed by atoms with van der Waals surface area (Å²) in [6.07, 6.45) is 2.21. The van der Waals surface area contributed by atoms with Gasteiger partial charge in [0.15, 0.2) is 0 Å². The maximum Gasteiger partial charge on any atom is 0.130 e. The van der Waals surface area contributed by atoms with Gasteiger partial charge in [0, 0.05) is 0 Å². The lowest BCUT2D eigenvalue weighted by molar-refractivity contribution is 0.219. The first-order chi connectivity index (χ1) is 7.57. The van der Waals surface area contributed by atoms with E-state index >= 15 is 0 Å². The summed E-state index contributed by atoms with van der Waals surface area (Å²) >= 11 is 0. The van der Waals surface area contributed by atoms with E-state index in [0.717, 1.165) is 25.1 Å². The Hall–Kier alpha value is -0.890. The highest BCUT2D eigenvalue weighted by Crippen LogP contribution is 2.29. The molecule has 1 aromatic rings. The van der Waals surface area contributed by atoms with E-state index in [2.05, 4.69) is 11.4 Å². The predicted molar refractivity (Wildman–Crippen MR) is 65.3 cm³/mol. The van der Waals surface area contributed by atoms with E-state index in [-0.39, 0.29) is 0 Å². The van der Waals surface area contributed by atoms with Crippen LogP contribution in [0, 0.1) is 5.92 Å². The first kappa shape index (κ1) is 11.6. The zero-order chi connectivity index (χ0) is 11.6. The van der Waals surface area contributed by atoms with E-state index < -0.39 is 5.67 Å². The lowest BCUT2D eigenvalue weighted by Gasteiger charge is -2.20. The van der Waals surface area contributed by atoms with Gasteiger partial charge in [-0.3, -0.25) is 0 Å². The summed E-state index contributed by atoms with van der Waals surface area (Å²) in [7, 11) is 0. The molecule has 1 saturated heterocycles. The molecule has 88 valence electrons. The van der Waals surface area contributed by atoms with E-state index in [1.165, 1.54) is 12.0 Å². The maximum absolute atomic E-state index is 14.0. The Kier molecular flexibility index (Phi) is 3.29. The van der Waals surface area contributed by atoms with Crippen molar-refractivity contribution in [1.29, 1.82) is 0 Å². The smallest absolute Gasteiger partial charge is 0.130 e. The van der Waals surface area contributed by atoms with Crippen LogP contribution < -0.4 is 5.32 Å². The Morgan fingerprint density at radius 3 is 2.75 bits per heavy atom. The summed E-state index contributed by atoms with van der Waals surface area (Å²) in [4.78, 5) is 0. The molecule has 1 atom stereocenters. The van der Waals surface area contributed by atoms with Gasteiger partial charge >= 0.3 is 0 Å². The highest BCUT2D eigenvalue weighted by molar-refractivity contribution is 5.32. The van der Waals surface area contributed by atoms with Gasteiger partial charge in [0.1, 0.15) is 5.67 Å². The Labute approximate surface area is 97.1 Å². The third kappa shape index (κ3) is 2.62. The van der Waals surface area contributed by atoms with E-state index in [9.17, 15) is 4.39 Å². The molecule has 0 saturated carbocycles. The minimum atomic E-state index is -1.23. The van der Waals surface area contributed by atoms with Crippen LogP contribution in [0.5, 0.6) is 0 Å². The topological polar surface area (TPSA) is 12.0 Å². The Morgan fingerprint density at radius 1 is 1.38 bits per heavy atom. The van der Waals surface area contributed by atoms with Gasteiger partial charge in [-0.2, -0.15) is 0 Å². The Bertz CT molecular complexity index is 348. The number of rotatable bonds is 3. The van der Waals surface area contributed by atoms with Gasteiger partial charge in [-0.1, -0.05) is 24.3 Å². The fourth-order valence-electron chi connectivity index (χ4n) is 2.48. The van der Waals surface area contributed by atoms with Crippen LogP contribution in [0.1, 0.15) is 31.4 Å². The molecule has 0 amide bonds. The minimum Gasteiger partial charge on any atom is -0.316 e. The average Bonchev–Trinajstić information content (AvgIpc) is 2.70. The second-order valence-corrected chi connectivity index (χ2v) is 5.19. The zero-order valence-corrected chi connectivity index (χ0v) is 10.1. The number of benzene rings is 1. The summed E-state index contributed by atoms with van der Waals surface area (Å²) in [6, 6.07) is 7.91. The van der Waals surface area contributed by atoms with Gasteiger partial charge in [0.05, 0.1) is 0 Å². The molecule has 0 aromatic heterocycles. The van der Waals surface area contributed by atoms with E-state index in [0.29, 0.717) is 5.92 Å². The second-order valence-electron chi connectivity index (χ2n) is 5.19. The molecule has 1 aromatic carbocycles. The van der Waals surface area contributed by atoms with Gasteiger partial charge in [-0.15, -0.1) is 0 Å². The summed E-state index contributed by atoms with van der Waals surface area (Å²) in [5.74, 6) is 0.670. The lowest BCUT2D eigenvalue weighted by atomic mass is 9.89. The first-order valence-corrected chi connectivity index (χ1v) is 6.05. The number of halogens is 1. The molecule has 1 heterocycles. The van der Waals surface area contributed by atoms with Crippen LogP contribution in [0.2, 0.25) is 0 Å². The Balaban J connectivity index is 2.19. The van der Waals surface area contributed by atoms with Crippen LogP contribution >= 0.6 is 0 Å². The third-order valence-corrected chi connectivity index (χ3v) is 3.33. The Morgan fingerprint density at radius 2 is 2.12 bits per heavy atom. The molecular formula is C14H20FN. The maximum atomic E-state index is 14.0. The zero-order valence-electron chi connectivity index (χ0n) is 10.1. The number of hydrogen-bond donors (Lipinski definition) is 1. The average molecular weight is 221 g/mol. The molecule has 1 fully saturated rings. The fourth-order valence-corrected chi connectivity index (χ4v) is 2.48. The van der Waals surface area contributed by atoms with E-state index in [1.54, 1.807) is 13.8 Å². The monoisotopic (exact) mass is 221 g/mol. The van der Waals surface area contributed by atoms with Crippen molar-refractivity contribution in [3.63, 3.8) is 0 Å². The second kappa shape index (κ2) is 4.54. The quantitative estimate of drug-likeness (QED) is 0.827. The van der Waals surface area contributed by atoms with Gasteiger partial charge in [-0.05, 0) is 56.8 Å². The van der Waals surface area contributed by atoms with Gasteiger partial charge in [-0.25, -0.2) is 4.39 Å². The standard InChI is InChI=1S/C14H20FN/c1-14(2,15)13-6-4-3-5-12(13)9-11-7-8-16-10-11/h3-6,11,16H,7-10H2,1-2H3. The molecule has 1 N–H and O–H groups in total. The van der Waals surface area contributed by atoms with Crippen LogP contribution in [-0.2, 0) is 12.1 Å². The van der Waals surface area contributed by atoms with Crippen LogP contribution in [-0.4, -0.2) is 13.1 Å². The first-order valence-electron chi connectivity index (χ1n) is 6.05. The summed E-state index contributed by atoms with van der Waals surface area (Å²) in [6.45, 7) is 5.45. The van der Waals surface area contributed by atoms with Crippen molar-refractivity contribution in [1.82, 2.24) is 5.32 Å². The van der Waals surface area contributed by atoms with Gasteiger partial charge in [0.25, 0.3) is 0 Å². The van der Waals surface area contributed by atoms with Crippen molar-refractivity contribution < 1.29 is 4.39 Å². The fraction of sp³-hybridized carbons (Fsp3) is 0.571. The summed E-state index contributed by atoms with van der Waals surface area (Å²) in [5, 5.41) is 3.36. The molecule has 2 rings (SSSR count). The van der Waals surface area contributed by atoms with Gasteiger partial charge in [0.2, 0.25) is 0 Å². The van der Waals surface area contributed by atoms with Crippen LogP contribution in [0.4, 0.5) is 4.39 Å². The highest BCUT2D eigenvalue weighted by Gasteiger charge is 2.24. The molecule has 0 aliphatic carbocycles. The molecule has 0 bridgehead atoms. The normalized spacial score (nSPS) is 21.3. The number of hydrogen-bond acceptors (Lipinski definition) is 1. The van der Waals surface area contributed by atoms with Crippen molar-refractivity contribution in [2.24, 2.45) is 5.92 Å². The molecule has 1 unspecified atom stereocenters. The van der Waals surface area contributed by atoms with Crippen LogP contribution in [0.3, 0.4) is 0 Å². The van der Waals surface area contributed by atoms with E-state index in [4.69, 9.17) is 0 Å². The molecule has 1 nitrogen and oxygen atoms in total. The van der Waals surface area contributed by atoms with E-state index in [1.807, 2.05) is 18.2 Å². The summed E-state index contributed by atoms with van der Waals surface area (Å²) in [5.41, 5.74) is 0.786. The largest absolute Gasteiger partial charge is 0.316 e. The van der Waals surface area contributed by atoms with Crippen LogP contribution in [0.15, 0.2) is 24.3 Å². The molecule has 2 heteroatoms. The van der Waals surface area contributed by atoms with Crippen molar-refractivity contribution in [3.8, 4) is 0 Å². The molecule has 0 spiro atoms. The lowest BCUT2D eigenvalue weighted by Crippen LogP contribution is -2.16. The van der Waals surface area contributed by atoms with Crippen molar-refractivity contribution in [2.45, 2.75) is 32.4 Å². The molecule has 1 aliphatic rings. The third-order valence-electron chi connectivity index (χ3n) is 3.33. The van der Waals surface area contributed by atoms with Crippen molar-refractivity contribution in [3.05, 3.63) is 35.4 Å². The number of nitrogens with one attached hydrogen (secondary N) is 1. The molecular weight excluding hydrogens is 201 g/mol. The predicted octanol–water partition coefficient (Wildman–Crippen LogP) is 3.04. The van der Waals surface area contributed by atoms with Crippen LogP contribution in [0.25, 0.3) is 0 Å².